The van der Waals surface area contributed by atoms with Gasteiger partial charge in [-0.2, -0.15) is 0 Å². The highest BCUT2D eigenvalue weighted by molar-refractivity contribution is 6.80. The molecule has 0 saturated heterocycles. The largest absolute Gasteiger partial charge is 0.0950 e. The third-order valence-corrected chi connectivity index (χ3v) is 2.09. The lowest BCUT2D eigenvalue weighted by atomic mass is 10.5. The van der Waals surface area contributed by atoms with Gasteiger partial charge in [-0.1, -0.05) is 43.6 Å². The lowest BCUT2D eigenvalue weighted by molar-refractivity contribution is 1.71. The van der Waals surface area contributed by atoms with Gasteiger partial charge in [0, 0.05) is 0 Å². The van der Waals surface area contributed by atoms with Crippen molar-refractivity contribution in [3.05, 3.63) is 23.9 Å². The molecule has 52 valence electrons. The van der Waals surface area contributed by atoms with Crippen molar-refractivity contribution in [2.24, 2.45) is 0 Å². The first-order chi connectivity index (χ1) is 4.06. The highest BCUT2D eigenvalue weighted by Crippen LogP contribution is 2.01. The summed E-state index contributed by atoms with van der Waals surface area (Å²) in [5, 5.41) is 0. The Morgan fingerprint density at radius 2 is 1.56 bits per heavy atom. The van der Waals surface area contributed by atoms with E-state index in [0.29, 0.717) is 0 Å². The normalized spacial score (nSPS) is 13.8. The average Bonchev–Trinajstić information content (AvgIpc) is 1.63. The van der Waals surface area contributed by atoms with Crippen molar-refractivity contribution in [3.8, 4) is 0 Å². The van der Waals surface area contributed by atoms with Crippen LogP contribution in [-0.4, -0.2) is 8.07 Å². The van der Waals surface area contributed by atoms with Crippen molar-refractivity contribution < 1.29 is 0 Å². The lowest BCUT2D eigenvalue weighted by Crippen LogP contribution is -2.14. The Hall–Kier alpha value is -0.303. The van der Waals surface area contributed by atoms with Crippen LogP contribution in [0, 0.1) is 0 Å². The van der Waals surface area contributed by atoms with Gasteiger partial charge in [0.1, 0.15) is 0 Å². The Balaban J connectivity index is 3.71. The second-order valence-electron chi connectivity index (χ2n) is 3.25. The molecule has 0 aliphatic heterocycles. The van der Waals surface area contributed by atoms with Gasteiger partial charge in [0.15, 0.2) is 0 Å². The first kappa shape index (κ1) is 8.70. The Morgan fingerprint density at radius 1 is 1.00 bits per heavy atom. The minimum absolute atomic E-state index is 0.926. The van der Waals surface area contributed by atoms with Crippen LogP contribution in [0.1, 0.15) is 6.92 Å². The van der Waals surface area contributed by atoms with Crippen LogP contribution in [0.25, 0.3) is 0 Å². The van der Waals surface area contributed by atoms with Gasteiger partial charge in [0.2, 0.25) is 0 Å². The van der Waals surface area contributed by atoms with Gasteiger partial charge in [0.25, 0.3) is 0 Å². The molecule has 0 atom stereocenters. The summed E-state index contributed by atoms with van der Waals surface area (Å²) in [5.41, 5.74) is 2.33. The summed E-state index contributed by atoms with van der Waals surface area (Å²) in [6, 6.07) is 0. The molecule has 0 nitrogen and oxygen atoms in total. The second-order valence-corrected chi connectivity index (χ2v) is 8.32. The SMILES string of the molecule is C/C=C/C=C[Si](C)(C)C. The van der Waals surface area contributed by atoms with E-state index < -0.39 is 8.07 Å². The maximum Gasteiger partial charge on any atom is 0.0686 e. The zero-order valence-electron chi connectivity index (χ0n) is 6.81. The molecule has 0 aliphatic carbocycles. The molecule has 9 heavy (non-hydrogen) atoms. The van der Waals surface area contributed by atoms with Crippen molar-refractivity contribution in [2.45, 2.75) is 26.6 Å². The van der Waals surface area contributed by atoms with Crippen molar-refractivity contribution in [3.63, 3.8) is 0 Å². The predicted octanol–water partition coefficient (Wildman–Crippen LogP) is 3.00. The standard InChI is InChI=1S/C8H16Si/c1-5-6-7-8-9(2,3)4/h5-8H,1-4H3/b6-5+,8-7?. The summed E-state index contributed by atoms with van der Waals surface area (Å²) < 4.78 is 0. The van der Waals surface area contributed by atoms with Crippen LogP contribution < -0.4 is 0 Å². The predicted molar refractivity (Wildman–Crippen MR) is 47.3 cm³/mol. The number of rotatable bonds is 2. The van der Waals surface area contributed by atoms with Crippen LogP contribution in [0.4, 0.5) is 0 Å². The van der Waals surface area contributed by atoms with Crippen LogP contribution in [0.2, 0.25) is 19.6 Å². The molecule has 0 rings (SSSR count). The molecule has 0 saturated carbocycles. The molecule has 0 amide bonds. The van der Waals surface area contributed by atoms with Crippen LogP contribution in [-0.2, 0) is 0 Å². The van der Waals surface area contributed by atoms with E-state index in [1.165, 1.54) is 0 Å². The summed E-state index contributed by atoms with van der Waals surface area (Å²) in [6.45, 7) is 9.02. The monoisotopic (exact) mass is 140 g/mol. The van der Waals surface area contributed by atoms with Gasteiger partial charge in [-0.25, -0.2) is 0 Å². The van der Waals surface area contributed by atoms with Crippen LogP contribution >= 0.6 is 0 Å². The summed E-state index contributed by atoms with van der Waals surface area (Å²) in [7, 11) is -0.926. The van der Waals surface area contributed by atoms with Crippen LogP contribution in [0.15, 0.2) is 23.9 Å². The number of hydrogen-bond donors (Lipinski definition) is 0. The minimum Gasteiger partial charge on any atom is -0.0950 e. The highest BCUT2D eigenvalue weighted by atomic mass is 28.3. The van der Waals surface area contributed by atoms with E-state index in [4.69, 9.17) is 0 Å². The third kappa shape index (κ3) is 7.70. The van der Waals surface area contributed by atoms with E-state index in [1.807, 2.05) is 6.92 Å². The summed E-state index contributed by atoms with van der Waals surface area (Å²) in [5.74, 6) is 0. The van der Waals surface area contributed by atoms with Crippen LogP contribution in [0.5, 0.6) is 0 Å². The van der Waals surface area contributed by atoms with Crippen LogP contribution in [0.3, 0.4) is 0 Å². The fraction of sp³-hybridized carbons (Fsp3) is 0.500. The third-order valence-electron chi connectivity index (χ3n) is 0.900. The Morgan fingerprint density at radius 3 is 1.89 bits per heavy atom. The first-order valence-electron chi connectivity index (χ1n) is 3.37. The number of allylic oxidation sites excluding steroid dienone is 3. The summed E-state index contributed by atoms with van der Waals surface area (Å²) in [6.07, 6.45) is 6.28. The topological polar surface area (TPSA) is 0 Å². The Bertz CT molecular complexity index is 115. The van der Waals surface area contributed by atoms with Crippen molar-refractivity contribution in [2.75, 3.05) is 0 Å². The molecular formula is C8H16Si. The molecular weight excluding hydrogens is 124 g/mol. The smallest absolute Gasteiger partial charge is 0.0686 e. The van der Waals surface area contributed by atoms with E-state index in [0.717, 1.165) is 0 Å². The molecule has 0 aliphatic rings. The van der Waals surface area contributed by atoms with Crippen molar-refractivity contribution in [1.82, 2.24) is 0 Å². The van der Waals surface area contributed by atoms with Gasteiger partial charge in [-0.15, -0.1) is 0 Å². The van der Waals surface area contributed by atoms with Gasteiger partial charge in [0.05, 0.1) is 8.07 Å². The maximum atomic E-state index is 2.33. The lowest BCUT2D eigenvalue weighted by Gasteiger charge is -2.06. The average molecular weight is 140 g/mol. The fourth-order valence-corrected chi connectivity index (χ4v) is 1.14. The maximum absolute atomic E-state index is 2.33. The first-order valence-corrected chi connectivity index (χ1v) is 6.94. The van der Waals surface area contributed by atoms with Gasteiger partial charge in [-0.3, -0.25) is 0 Å². The number of hydrogen-bond acceptors (Lipinski definition) is 0. The molecule has 0 unspecified atom stereocenters. The van der Waals surface area contributed by atoms with Crippen molar-refractivity contribution >= 4 is 8.07 Å². The molecule has 0 aromatic heterocycles. The van der Waals surface area contributed by atoms with Gasteiger partial charge < -0.3 is 0 Å². The zero-order valence-corrected chi connectivity index (χ0v) is 7.81. The summed E-state index contributed by atoms with van der Waals surface area (Å²) in [4.78, 5) is 0. The molecule has 0 fully saturated rings. The molecule has 0 spiro atoms. The van der Waals surface area contributed by atoms with E-state index in [9.17, 15) is 0 Å². The molecule has 1 heteroatoms. The molecule has 0 radical (unpaired) electrons. The van der Waals surface area contributed by atoms with E-state index >= 15 is 0 Å². The second kappa shape index (κ2) is 3.67. The molecule has 0 aromatic carbocycles. The molecule has 0 N–H and O–H groups in total. The summed E-state index contributed by atoms with van der Waals surface area (Å²) >= 11 is 0. The molecule has 0 bridgehead atoms. The zero-order chi connectivity index (χ0) is 7.33. The van der Waals surface area contributed by atoms with E-state index in [-0.39, 0.29) is 0 Å². The van der Waals surface area contributed by atoms with E-state index in [1.54, 1.807) is 0 Å². The van der Waals surface area contributed by atoms with Gasteiger partial charge >= 0.3 is 0 Å². The quantitative estimate of drug-likeness (QED) is 0.408. The molecule has 0 aromatic rings. The van der Waals surface area contributed by atoms with E-state index in [2.05, 4.69) is 43.6 Å². The van der Waals surface area contributed by atoms with Crippen molar-refractivity contribution in [1.29, 1.82) is 0 Å². The Kier molecular flexibility index (Phi) is 3.55. The molecule has 0 heterocycles. The fourth-order valence-electron chi connectivity index (χ4n) is 0.455. The highest BCUT2D eigenvalue weighted by Gasteiger charge is 2.04. The Labute approximate surface area is 59.3 Å². The van der Waals surface area contributed by atoms with Gasteiger partial charge in [-0.05, 0) is 6.92 Å². The minimum atomic E-state index is -0.926.